The molecule has 1 aliphatic heterocycles. The van der Waals surface area contributed by atoms with Gasteiger partial charge in [0.1, 0.15) is 6.04 Å². The maximum absolute atomic E-state index is 12.7. The molecule has 132 valence electrons. The van der Waals surface area contributed by atoms with Gasteiger partial charge >= 0.3 is 5.97 Å². The Balaban J connectivity index is 0.00000288. The van der Waals surface area contributed by atoms with Crippen LogP contribution in [-0.2, 0) is 14.3 Å². The third-order valence-electron chi connectivity index (χ3n) is 3.82. The Bertz CT molecular complexity index is 609. The lowest BCUT2D eigenvalue weighted by atomic mass is 10.0. The van der Waals surface area contributed by atoms with Gasteiger partial charge in [-0.3, -0.25) is 9.59 Å². The summed E-state index contributed by atoms with van der Waals surface area (Å²) in [4.78, 5) is 37.5. The molecule has 1 aromatic rings. The van der Waals surface area contributed by atoms with Crippen LogP contribution in [0.2, 0.25) is 0 Å². The molecule has 1 unspecified atom stereocenters. The van der Waals surface area contributed by atoms with E-state index in [9.17, 15) is 14.4 Å². The number of amides is 2. The average Bonchev–Trinajstić information content (AvgIpc) is 2.60. The predicted octanol–water partition coefficient (Wildman–Crippen LogP) is 1.17. The number of esters is 1. The first-order valence-electron chi connectivity index (χ1n) is 7.55. The van der Waals surface area contributed by atoms with Gasteiger partial charge in [-0.05, 0) is 37.5 Å². The Morgan fingerprint density at radius 1 is 1.33 bits per heavy atom. The van der Waals surface area contributed by atoms with E-state index in [1.54, 1.807) is 29.2 Å². The number of nitrogens with zero attached hydrogens (tertiary/aromatic N) is 1. The minimum absolute atomic E-state index is 0. The molecule has 2 amide bonds. The van der Waals surface area contributed by atoms with Gasteiger partial charge in [-0.15, -0.1) is 12.4 Å². The van der Waals surface area contributed by atoms with Gasteiger partial charge in [-0.1, -0.05) is 6.07 Å². The van der Waals surface area contributed by atoms with Crippen molar-refractivity contribution in [3.63, 3.8) is 0 Å². The van der Waals surface area contributed by atoms with Crippen LogP contribution in [0.5, 0.6) is 0 Å². The molecule has 1 aliphatic rings. The summed E-state index contributed by atoms with van der Waals surface area (Å²) in [7, 11) is 1.32. The molecule has 0 saturated carbocycles. The smallest absolute Gasteiger partial charge is 0.328 e. The molecular weight excluding hydrogens is 334 g/mol. The van der Waals surface area contributed by atoms with Crippen molar-refractivity contribution in [3.8, 4) is 0 Å². The first-order chi connectivity index (χ1) is 11.1. The maximum atomic E-state index is 12.7. The number of halogens is 1. The van der Waals surface area contributed by atoms with Crippen molar-refractivity contribution in [1.82, 2.24) is 4.90 Å². The number of ether oxygens (including phenoxy) is 1. The second kappa shape index (κ2) is 9.24. The zero-order valence-electron chi connectivity index (χ0n) is 13.5. The minimum atomic E-state index is -0.552. The third-order valence-corrected chi connectivity index (χ3v) is 3.82. The first kappa shape index (κ1) is 19.9. The van der Waals surface area contributed by atoms with Crippen molar-refractivity contribution in [3.05, 3.63) is 29.8 Å². The molecule has 0 aliphatic carbocycles. The highest BCUT2D eigenvalue weighted by molar-refractivity contribution is 5.99. The van der Waals surface area contributed by atoms with Gasteiger partial charge in [-0.25, -0.2) is 4.79 Å². The molecule has 8 heteroatoms. The molecule has 1 aromatic carbocycles. The van der Waals surface area contributed by atoms with Crippen LogP contribution in [-0.4, -0.2) is 48.9 Å². The van der Waals surface area contributed by atoms with Crippen molar-refractivity contribution in [2.24, 2.45) is 5.73 Å². The number of carbonyl (C=O) groups is 3. The van der Waals surface area contributed by atoms with E-state index in [0.717, 1.165) is 12.8 Å². The maximum Gasteiger partial charge on any atom is 0.328 e. The van der Waals surface area contributed by atoms with E-state index >= 15 is 0 Å². The van der Waals surface area contributed by atoms with Crippen molar-refractivity contribution in [1.29, 1.82) is 0 Å². The number of rotatable bonds is 4. The zero-order chi connectivity index (χ0) is 16.8. The predicted molar refractivity (Wildman–Crippen MR) is 92.1 cm³/mol. The van der Waals surface area contributed by atoms with Crippen LogP contribution in [0.15, 0.2) is 24.3 Å². The Morgan fingerprint density at radius 2 is 2.08 bits per heavy atom. The number of nitrogens with two attached hydrogens (primary N) is 1. The molecule has 3 N–H and O–H groups in total. The van der Waals surface area contributed by atoms with Gasteiger partial charge in [0.25, 0.3) is 5.91 Å². The lowest BCUT2D eigenvalue weighted by molar-refractivity contribution is -0.147. The van der Waals surface area contributed by atoms with E-state index in [4.69, 9.17) is 10.5 Å². The van der Waals surface area contributed by atoms with Crippen molar-refractivity contribution in [2.75, 3.05) is 25.5 Å². The molecule has 2 rings (SSSR count). The monoisotopic (exact) mass is 355 g/mol. The summed E-state index contributed by atoms with van der Waals surface area (Å²) in [6, 6.07) is 6.04. The summed E-state index contributed by atoms with van der Waals surface area (Å²) in [6.07, 6.45) is 2.33. The number of nitrogens with one attached hydrogen (secondary N) is 1. The van der Waals surface area contributed by atoms with Crippen LogP contribution in [0.4, 0.5) is 5.69 Å². The lowest BCUT2D eigenvalue weighted by Crippen LogP contribution is -2.48. The molecule has 7 nitrogen and oxygen atoms in total. The van der Waals surface area contributed by atoms with Crippen molar-refractivity contribution in [2.45, 2.75) is 25.3 Å². The van der Waals surface area contributed by atoms with Gasteiger partial charge in [0.2, 0.25) is 5.91 Å². The number of piperidine rings is 1. The SMILES string of the molecule is COC(=O)C1CCCCN1C(=O)c1cccc(NC(=O)CN)c1.Cl. The van der Waals surface area contributed by atoms with E-state index in [0.29, 0.717) is 24.2 Å². The fourth-order valence-electron chi connectivity index (χ4n) is 2.66. The molecule has 0 bridgehead atoms. The minimum Gasteiger partial charge on any atom is -0.467 e. The highest BCUT2D eigenvalue weighted by Gasteiger charge is 2.33. The topological polar surface area (TPSA) is 102 Å². The number of methoxy groups -OCH3 is 1. The van der Waals surface area contributed by atoms with Gasteiger partial charge in [-0.2, -0.15) is 0 Å². The van der Waals surface area contributed by atoms with E-state index in [-0.39, 0.29) is 30.8 Å². The van der Waals surface area contributed by atoms with Gasteiger partial charge in [0, 0.05) is 17.8 Å². The summed E-state index contributed by atoms with van der Waals surface area (Å²) < 4.78 is 4.79. The summed E-state index contributed by atoms with van der Waals surface area (Å²) in [5.74, 6) is -0.977. The molecule has 1 saturated heterocycles. The van der Waals surface area contributed by atoms with E-state index in [2.05, 4.69) is 5.32 Å². The first-order valence-corrected chi connectivity index (χ1v) is 7.55. The van der Waals surface area contributed by atoms with E-state index in [1.165, 1.54) is 7.11 Å². The standard InChI is InChI=1S/C16H21N3O4.ClH/c1-23-16(22)13-7-2-3-8-19(13)15(21)11-5-4-6-12(9-11)18-14(20)10-17;/h4-6,9,13H,2-3,7-8,10,17H2,1H3,(H,18,20);1H. The average molecular weight is 356 g/mol. The Kier molecular flexibility index (Phi) is 7.67. The molecule has 0 radical (unpaired) electrons. The molecule has 1 fully saturated rings. The fraction of sp³-hybridized carbons (Fsp3) is 0.438. The van der Waals surface area contributed by atoms with Gasteiger partial charge in [0.05, 0.1) is 13.7 Å². The quantitative estimate of drug-likeness (QED) is 0.789. The molecular formula is C16H22ClN3O4. The number of likely N-dealkylation sites (tertiary alicyclic amines) is 1. The second-order valence-electron chi connectivity index (χ2n) is 5.37. The second-order valence-corrected chi connectivity index (χ2v) is 5.37. The Hall–Kier alpha value is -2.12. The van der Waals surface area contributed by atoms with Crippen LogP contribution in [0.3, 0.4) is 0 Å². The fourth-order valence-corrected chi connectivity index (χ4v) is 2.66. The number of hydrogen-bond donors (Lipinski definition) is 2. The van der Waals surface area contributed by atoms with Gasteiger partial charge < -0.3 is 20.7 Å². The third kappa shape index (κ3) is 4.69. The molecule has 1 atom stereocenters. The highest BCUT2D eigenvalue weighted by Crippen LogP contribution is 2.22. The summed E-state index contributed by atoms with van der Waals surface area (Å²) in [5.41, 5.74) is 6.17. The van der Waals surface area contributed by atoms with Gasteiger partial charge in [0.15, 0.2) is 0 Å². The van der Waals surface area contributed by atoms with Crippen LogP contribution in [0, 0.1) is 0 Å². The zero-order valence-corrected chi connectivity index (χ0v) is 14.3. The molecule has 24 heavy (non-hydrogen) atoms. The number of benzene rings is 1. The van der Waals surface area contributed by atoms with Crippen LogP contribution in [0.25, 0.3) is 0 Å². The Morgan fingerprint density at radius 3 is 2.75 bits per heavy atom. The highest BCUT2D eigenvalue weighted by atomic mass is 35.5. The van der Waals surface area contributed by atoms with E-state index in [1.807, 2.05) is 0 Å². The Labute approximate surface area is 146 Å². The number of anilines is 1. The molecule has 0 spiro atoms. The number of hydrogen-bond acceptors (Lipinski definition) is 5. The summed E-state index contributed by atoms with van der Waals surface area (Å²) in [6.45, 7) is 0.382. The summed E-state index contributed by atoms with van der Waals surface area (Å²) in [5, 5.41) is 2.61. The number of carbonyl (C=O) groups excluding carboxylic acids is 3. The largest absolute Gasteiger partial charge is 0.467 e. The van der Waals surface area contributed by atoms with Crippen molar-refractivity contribution >= 4 is 35.9 Å². The normalized spacial score (nSPS) is 16.8. The summed E-state index contributed by atoms with van der Waals surface area (Å²) >= 11 is 0. The van der Waals surface area contributed by atoms with Crippen LogP contribution >= 0.6 is 12.4 Å². The molecule has 0 aromatic heterocycles. The van der Waals surface area contributed by atoms with E-state index < -0.39 is 12.0 Å². The van der Waals surface area contributed by atoms with Crippen molar-refractivity contribution < 1.29 is 19.1 Å². The van der Waals surface area contributed by atoms with Crippen LogP contribution in [0.1, 0.15) is 29.6 Å². The molecule has 1 heterocycles. The van der Waals surface area contributed by atoms with Crippen LogP contribution < -0.4 is 11.1 Å². The lowest BCUT2D eigenvalue weighted by Gasteiger charge is -2.33.